The van der Waals surface area contributed by atoms with Crippen LogP contribution in [0.25, 0.3) is 0 Å². The summed E-state index contributed by atoms with van der Waals surface area (Å²) in [6, 6.07) is 10.5. The maximum atomic E-state index is 12.9. The molecular weight excluding hydrogens is 343 g/mol. The number of benzene rings is 2. The third-order valence-electron chi connectivity index (χ3n) is 3.71. The van der Waals surface area contributed by atoms with Crippen LogP contribution in [0.3, 0.4) is 0 Å². The Morgan fingerprint density at radius 2 is 1.80 bits per heavy atom. The Kier molecular flexibility index (Phi) is 6.27. The van der Waals surface area contributed by atoms with Crippen molar-refractivity contribution in [1.82, 2.24) is 10.0 Å². The maximum Gasteiger partial charge on any atom is 0.251 e. The standard InChI is InChI=1S/C18H21FN2O3S/c1-3-21-25(23,24)16-9-4-13(2)17(12-16)18(22)20-11-10-14-5-7-15(19)8-6-14/h4-9,12,21H,3,10-11H2,1-2H3,(H,20,22). The average Bonchev–Trinajstić information content (AvgIpc) is 2.56. The number of hydrogen-bond acceptors (Lipinski definition) is 3. The van der Waals surface area contributed by atoms with E-state index in [1.165, 1.54) is 24.3 Å². The molecule has 25 heavy (non-hydrogen) atoms. The highest BCUT2D eigenvalue weighted by molar-refractivity contribution is 7.89. The summed E-state index contributed by atoms with van der Waals surface area (Å²) in [7, 11) is -3.62. The molecule has 0 unspecified atom stereocenters. The Balaban J connectivity index is 2.07. The average molecular weight is 364 g/mol. The maximum absolute atomic E-state index is 12.9. The second-order valence-corrected chi connectivity index (χ2v) is 7.38. The molecule has 0 heterocycles. The Morgan fingerprint density at radius 1 is 1.12 bits per heavy atom. The number of amides is 1. The van der Waals surface area contributed by atoms with Crippen LogP contribution in [0.5, 0.6) is 0 Å². The summed E-state index contributed by atoms with van der Waals surface area (Å²) in [5.41, 5.74) is 1.91. The van der Waals surface area contributed by atoms with Crippen LogP contribution in [0.1, 0.15) is 28.4 Å². The minimum Gasteiger partial charge on any atom is -0.352 e. The number of hydrogen-bond donors (Lipinski definition) is 2. The van der Waals surface area contributed by atoms with Gasteiger partial charge in [-0.2, -0.15) is 0 Å². The van der Waals surface area contributed by atoms with E-state index < -0.39 is 10.0 Å². The fourth-order valence-corrected chi connectivity index (χ4v) is 3.42. The smallest absolute Gasteiger partial charge is 0.251 e. The van der Waals surface area contributed by atoms with E-state index in [0.29, 0.717) is 24.1 Å². The van der Waals surface area contributed by atoms with E-state index in [1.807, 2.05) is 0 Å². The molecule has 7 heteroatoms. The Labute approximate surface area is 147 Å². The van der Waals surface area contributed by atoms with Crippen LogP contribution in [0.4, 0.5) is 4.39 Å². The van der Waals surface area contributed by atoms with Gasteiger partial charge in [-0.1, -0.05) is 25.1 Å². The molecule has 0 saturated carbocycles. The summed E-state index contributed by atoms with van der Waals surface area (Å²) in [6.07, 6.45) is 0.556. The summed E-state index contributed by atoms with van der Waals surface area (Å²) < 4.78 is 39.4. The van der Waals surface area contributed by atoms with E-state index in [4.69, 9.17) is 0 Å². The number of halogens is 1. The van der Waals surface area contributed by atoms with E-state index in [9.17, 15) is 17.6 Å². The predicted molar refractivity (Wildman–Crippen MR) is 94.5 cm³/mol. The monoisotopic (exact) mass is 364 g/mol. The second kappa shape index (κ2) is 8.22. The van der Waals surface area contributed by atoms with Crippen LogP contribution in [-0.4, -0.2) is 27.4 Å². The third-order valence-corrected chi connectivity index (χ3v) is 5.25. The van der Waals surface area contributed by atoms with Gasteiger partial charge in [0.05, 0.1) is 4.90 Å². The molecule has 0 aliphatic rings. The van der Waals surface area contributed by atoms with Gasteiger partial charge in [0.2, 0.25) is 10.0 Å². The summed E-state index contributed by atoms with van der Waals surface area (Å²) >= 11 is 0. The number of rotatable bonds is 7. The summed E-state index contributed by atoms with van der Waals surface area (Å²) in [5, 5.41) is 2.77. The highest BCUT2D eigenvalue weighted by Crippen LogP contribution is 2.15. The summed E-state index contributed by atoms with van der Waals surface area (Å²) in [5.74, 6) is -0.643. The number of sulfonamides is 1. The Morgan fingerprint density at radius 3 is 2.44 bits per heavy atom. The molecule has 0 aromatic heterocycles. The minimum absolute atomic E-state index is 0.0589. The zero-order valence-electron chi connectivity index (χ0n) is 14.2. The topological polar surface area (TPSA) is 75.3 Å². The van der Waals surface area contributed by atoms with Crippen molar-refractivity contribution < 1.29 is 17.6 Å². The second-order valence-electron chi connectivity index (χ2n) is 5.61. The number of aryl methyl sites for hydroxylation is 1. The van der Waals surface area contributed by atoms with E-state index in [2.05, 4.69) is 10.0 Å². The van der Waals surface area contributed by atoms with Gasteiger partial charge in [0.25, 0.3) is 5.91 Å². The lowest BCUT2D eigenvalue weighted by Gasteiger charge is -2.11. The van der Waals surface area contributed by atoms with Gasteiger partial charge in [-0.25, -0.2) is 17.5 Å². The van der Waals surface area contributed by atoms with Crippen molar-refractivity contribution in [3.05, 3.63) is 65.0 Å². The first kappa shape index (κ1) is 19.1. The molecule has 2 aromatic carbocycles. The quantitative estimate of drug-likeness (QED) is 0.792. The molecule has 0 aliphatic heterocycles. The van der Waals surface area contributed by atoms with E-state index in [0.717, 1.165) is 5.56 Å². The van der Waals surface area contributed by atoms with Gasteiger partial charge in [0.15, 0.2) is 0 Å². The molecular formula is C18H21FN2O3S. The van der Waals surface area contributed by atoms with Crippen LogP contribution in [0.15, 0.2) is 47.4 Å². The lowest BCUT2D eigenvalue weighted by molar-refractivity contribution is 0.0953. The van der Waals surface area contributed by atoms with Gasteiger partial charge < -0.3 is 5.32 Å². The molecule has 1 amide bonds. The van der Waals surface area contributed by atoms with Gasteiger partial charge >= 0.3 is 0 Å². The highest BCUT2D eigenvalue weighted by Gasteiger charge is 2.17. The SMILES string of the molecule is CCNS(=O)(=O)c1ccc(C)c(C(=O)NCCc2ccc(F)cc2)c1. The first-order valence-electron chi connectivity index (χ1n) is 7.96. The van der Waals surface area contributed by atoms with Crippen molar-refractivity contribution in [3.8, 4) is 0 Å². The minimum atomic E-state index is -3.62. The van der Waals surface area contributed by atoms with Crippen LogP contribution >= 0.6 is 0 Å². The Hall–Kier alpha value is -2.25. The van der Waals surface area contributed by atoms with Gasteiger partial charge in [0, 0.05) is 18.7 Å². The molecule has 0 aliphatic carbocycles. The molecule has 0 atom stereocenters. The highest BCUT2D eigenvalue weighted by atomic mass is 32.2. The molecule has 0 radical (unpaired) electrons. The van der Waals surface area contributed by atoms with E-state index >= 15 is 0 Å². The summed E-state index contributed by atoms with van der Waals surface area (Å²) in [6.45, 7) is 4.08. The molecule has 0 spiro atoms. The van der Waals surface area contributed by atoms with E-state index in [-0.39, 0.29) is 23.2 Å². The van der Waals surface area contributed by atoms with Gasteiger partial charge in [-0.3, -0.25) is 4.79 Å². The first-order valence-corrected chi connectivity index (χ1v) is 9.45. The fourth-order valence-electron chi connectivity index (χ4n) is 2.35. The molecule has 2 N–H and O–H groups in total. The van der Waals surface area contributed by atoms with Crippen molar-refractivity contribution in [3.63, 3.8) is 0 Å². The molecule has 2 aromatic rings. The Bertz CT molecular complexity index is 849. The first-order chi connectivity index (χ1) is 11.8. The zero-order chi connectivity index (χ0) is 18.4. The molecule has 2 rings (SSSR count). The molecule has 134 valence electrons. The van der Waals surface area contributed by atoms with Crippen LogP contribution < -0.4 is 10.0 Å². The normalized spacial score (nSPS) is 11.3. The number of nitrogens with one attached hydrogen (secondary N) is 2. The van der Waals surface area contributed by atoms with Crippen molar-refractivity contribution in [1.29, 1.82) is 0 Å². The van der Waals surface area contributed by atoms with Gasteiger partial charge in [0.1, 0.15) is 5.82 Å². The van der Waals surface area contributed by atoms with Crippen molar-refractivity contribution in [2.24, 2.45) is 0 Å². The lowest BCUT2D eigenvalue weighted by Crippen LogP contribution is -2.27. The number of carbonyl (C=O) groups excluding carboxylic acids is 1. The molecule has 0 fully saturated rings. The molecule has 5 nitrogen and oxygen atoms in total. The predicted octanol–water partition coefficient (Wildman–Crippen LogP) is 2.40. The van der Waals surface area contributed by atoms with Gasteiger partial charge in [-0.15, -0.1) is 0 Å². The lowest BCUT2D eigenvalue weighted by atomic mass is 10.1. The van der Waals surface area contributed by atoms with Crippen molar-refractivity contribution in [2.75, 3.05) is 13.1 Å². The van der Waals surface area contributed by atoms with Crippen molar-refractivity contribution in [2.45, 2.75) is 25.2 Å². The van der Waals surface area contributed by atoms with Crippen LogP contribution in [0.2, 0.25) is 0 Å². The molecule has 0 bridgehead atoms. The van der Waals surface area contributed by atoms with E-state index in [1.54, 1.807) is 32.0 Å². The third kappa shape index (κ3) is 5.11. The number of carbonyl (C=O) groups is 1. The summed E-state index contributed by atoms with van der Waals surface area (Å²) in [4.78, 5) is 12.4. The molecule has 0 saturated heterocycles. The fraction of sp³-hybridized carbons (Fsp3) is 0.278. The zero-order valence-corrected chi connectivity index (χ0v) is 15.0. The van der Waals surface area contributed by atoms with Crippen LogP contribution in [-0.2, 0) is 16.4 Å². The van der Waals surface area contributed by atoms with Crippen molar-refractivity contribution >= 4 is 15.9 Å². The largest absolute Gasteiger partial charge is 0.352 e. The van der Waals surface area contributed by atoms with Crippen LogP contribution in [0, 0.1) is 12.7 Å². The van der Waals surface area contributed by atoms with Gasteiger partial charge in [-0.05, 0) is 48.7 Å².